The van der Waals surface area contributed by atoms with Crippen LogP contribution in [0.4, 0.5) is 0 Å². The molecule has 0 saturated heterocycles. The maximum atomic E-state index is 10.8. The number of carbonyl (C=O) groups is 1. The van der Waals surface area contributed by atoms with Crippen molar-refractivity contribution < 1.29 is 4.79 Å². The minimum absolute atomic E-state index is 0.662. The monoisotopic (exact) mass is 293 g/mol. The summed E-state index contributed by atoms with van der Waals surface area (Å²) < 4.78 is 0. The standard InChI is InChI=1S/C18H12ClNO/c19-16-7-5-15-6-9-17(20-18(15)11-16)8-4-13-2-1-3-14(10-13)12-21/h1-12H. The largest absolute Gasteiger partial charge is 0.298 e. The summed E-state index contributed by atoms with van der Waals surface area (Å²) in [5, 5.41) is 1.73. The van der Waals surface area contributed by atoms with Gasteiger partial charge in [0.05, 0.1) is 11.2 Å². The van der Waals surface area contributed by atoms with Crippen LogP contribution in [0.15, 0.2) is 54.6 Å². The highest BCUT2D eigenvalue weighted by Gasteiger charge is 1.97. The SMILES string of the molecule is O=Cc1cccc(C=Cc2ccc3ccc(Cl)cc3n2)c1. The molecule has 0 aliphatic heterocycles. The summed E-state index contributed by atoms with van der Waals surface area (Å²) >= 11 is 5.99. The Morgan fingerprint density at radius 3 is 2.57 bits per heavy atom. The number of carbonyl (C=O) groups excluding carboxylic acids is 1. The molecule has 0 aliphatic rings. The quantitative estimate of drug-likeness (QED) is 0.645. The number of aldehydes is 1. The van der Waals surface area contributed by atoms with Crippen molar-refractivity contribution >= 4 is 40.9 Å². The van der Waals surface area contributed by atoms with Gasteiger partial charge in [-0.1, -0.05) is 48.0 Å². The fraction of sp³-hybridized carbons (Fsp3) is 0. The van der Waals surface area contributed by atoms with Crippen LogP contribution in [0.1, 0.15) is 21.6 Å². The number of nitrogens with zero attached hydrogens (tertiary/aromatic N) is 1. The molecule has 3 heteroatoms. The number of rotatable bonds is 3. The van der Waals surface area contributed by atoms with Gasteiger partial charge in [-0.25, -0.2) is 4.98 Å². The number of fused-ring (bicyclic) bond motifs is 1. The molecule has 0 spiro atoms. The van der Waals surface area contributed by atoms with E-state index in [1.54, 1.807) is 6.07 Å². The first-order valence-electron chi connectivity index (χ1n) is 6.54. The summed E-state index contributed by atoms with van der Waals surface area (Å²) in [6.45, 7) is 0. The van der Waals surface area contributed by atoms with Crippen molar-refractivity contribution in [1.29, 1.82) is 0 Å². The van der Waals surface area contributed by atoms with Crippen molar-refractivity contribution in [3.8, 4) is 0 Å². The van der Waals surface area contributed by atoms with Crippen LogP contribution in [0.5, 0.6) is 0 Å². The van der Waals surface area contributed by atoms with Gasteiger partial charge in [0, 0.05) is 16.0 Å². The second-order valence-electron chi connectivity index (χ2n) is 4.69. The average Bonchev–Trinajstić information content (AvgIpc) is 2.52. The molecule has 0 amide bonds. The maximum Gasteiger partial charge on any atom is 0.150 e. The second-order valence-corrected chi connectivity index (χ2v) is 5.13. The van der Waals surface area contributed by atoms with Gasteiger partial charge in [0.2, 0.25) is 0 Å². The Morgan fingerprint density at radius 2 is 1.71 bits per heavy atom. The molecule has 3 rings (SSSR count). The second kappa shape index (κ2) is 5.90. The van der Waals surface area contributed by atoms with Crippen LogP contribution in [-0.4, -0.2) is 11.3 Å². The molecule has 1 heterocycles. The van der Waals surface area contributed by atoms with Crippen LogP contribution < -0.4 is 0 Å². The summed E-state index contributed by atoms with van der Waals surface area (Å²) in [6, 6.07) is 17.0. The Bertz CT molecular complexity index is 839. The number of hydrogen-bond donors (Lipinski definition) is 0. The summed E-state index contributed by atoms with van der Waals surface area (Å²) in [4.78, 5) is 15.3. The highest BCUT2D eigenvalue weighted by molar-refractivity contribution is 6.31. The van der Waals surface area contributed by atoms with Gasteiger partial charge in [-0.2, -0.15) is 0 Å². The highest BCUT2D eigenvalue weighted by Crippen LogP contribution is 2.19. The van der Waals surface area contributed by atoms with Gasteiger partial charge in [-0.05, 0) is 35.9 Å². The number of pyridine rings is 1. The summed E-state index contributed by atoms with van der Waals surface area (Å²) in [7, 11) is 0. The number of aromatic nitrogens is 1. The van der Waals surface area contributed by atoms with Crippen molar-refractivity contribution in [2.75, 3.05) is 0 Å². The fourth-order valence-electron chi connectivity index (χ4n) is 2.12. The molecule has 102 valence electrons. The molecule has 21 heavy (non-hydrogen) atoms. The third-order valence-corrected chi connectivity index (χ3v) is 3.40. The molecule has 0 N–H and O–H groups in total. The third kappa shape index (κ3) is 3.18. The Balaban J connectivity index is 1.93. The molecule has 2 nitrogen and oxygen atoms in total. The van der Waals surface area contributed by atoms with Crippen molar-refractivity contribution in [1.82, 2.24) is 4.98 Å². The van der Waals surface area contributed by atoms with E-state index in [4.69, 9.17) is 11.6 Å². The zero-order valence-electron chi connectivity index (χ0n) is 11.2. The van der Waals surface area contributed by atoms with E-state index in [-0.39, 0.29) is 0 Å². The Labute approximate surface area is 127 Å². The maximum absolute atomic E-state index is 10.8. The van der Waals surface area contributed by atoms with Crippen LogP contribution >= 0.6 is 11.6 Å². The molecule has 3 aromatic rings. The van der Waals surface area contributed by atoms with Gasteiger partial charge in [-0.3, -0.25) is 4.79 Å². The van der Waals surface area contributed by atoms with Gasteiger partial charge in [0.25, 0.3) is 0 Å². The molecule has 0 bridgehead atoms. The van der Waals surface area contributed by atoms with Gasteiger partial charge >= 0.3 is 0 Å². The predicted octanol–water partition coefficient (Wildman–Crippen LogP) is 4.87. The van der Waals surface area contributed by atoms with Crippen molar-refractivity contribution in [3.05, 3.63) is 76.4 Å². The van der Waals surface area contributed by atoms with Crippen LogP contribution in [0, 0.1) is 0 Å². The van der Waals surface area contributed by atoms with Crippen molar-refractivity contribution in [2.45, 2.75) is 0 Å². The average molecular weight is 294 g/mol. The van der Waals surface area contributed by atoms with E-state index in [1.807, 2.05) is 60.7 Å². The zero-order valence-corrected chi connectivity index (χ0v) is 11.9. The predicted molar refractivity (Wildman–Crippen MR) is 87.5 cm³/mol. The first-order valence-corrected chi connectivity index (χ1v) is 6.92. The molecule has 0 radical (unpaired) electrons. The fourth-order valence-corrected chi connectivity index (χ4v) is 2.28. The van der Waals surface area contributed by atoms with Crippen molar-refractivity contribution in [3.63, 3.8) is 0 Å². The number of hydrogen-bond acceptors (Lipinski definition) is 2. The third-order valence-electron chi connectivity index (χ3n) is 3.17. The number of benzene rings is 2. The Kier molecular flexibility index (Phi) is 3.80. The molecule has 0 atom stereocenters. The van der Waals surface area contributed by atoms with Gasteiger partial charge in [-0.15, -0.1) is 0 Å². The molecule has 0 saturated carbocycles. The van der Waals surface area contributed by atoms with E-state index < -0.39 is 0 Å². The van der Waals surface area contributed by atoms with Crippen molar-refractivity contribution in [2.24, 2.45) is 0 Å². The Morgan fingerprint density at radius 1 is 0.905 bits per heavy atom. The summed E-state index contributed by atoms with van der Waals surface area (Å²) in [5.74, 6) is 0. The Hall–Kier alpha value is -2.45. The molecular formula is C18H12ClNO. The van der Waals surface area contributed by atoms with E-state index in [1.165, 1.54) is 0 Å². The molecule has 0 fully saturated rings. The van der Waals surface area contributed by atoms with E-state index in [0.29, 0.717) is 10.6 Å². The molecule has 2 aromatic carbocycles. The van der Waals surface area contributed by atoms with Gasteiger partial charge in [0.1, 0.15) is 6.29 Å². The van der Waals surface area contributed by atoms with Crippen LogP contribution in [0.25, 0.3) is 23.1 Å². The lowest BCUT2D eigenvalue weighted by molar-refractivity contribution is 0.112. The number of halogens is 1. The summed E-state index contributed by atoms with van der Waals surface area (Å²) in [6.07, 6.45) is 4.70. The van der Waals surface area contributed by atoms with E-state index >= 15 is 0 Å². The van der Waals surface area contributed by atoms with Gasteiger partial charge < -0.3 is 0 Å². The van der Waals surface area contributed by atoms with Crippen LogP contribution in [-0.2, 0) is 0 Å². The lowest BCUT2D eigenvalue weighted by Crippen LogP contribution is -1.84. The molecule has 0 unspecified atom stereocenters. The summed E-state index contributed by atoms with van der Waals surface area (Å²) in [5.41, 5.74) is 3.34. The minimum atomic E-state index is 0.662. The zero-order chi connectivity index (χ0) is 14.7. The smallest absolute Gasteiger partial charge is 0.150 e. The van der Waals surface area contributed by atoms with E-state index in [0.717, 1.165) is 28.4 Å². The molecule has 1 aromatic heterocycles. The van der Waals surface area contributed by atoms with Crippen LogP contribution in [0.3, 0.4) is 0 Å². The molecule has 0 aliphatic carbocycles. The van der Waals surface area contributed by atoms with E-state index in [2.05, 4.69) is 4.98 Å². The lowest BCUT2D eigenvalue weighted by Gasteiger charge is -2.00. The van der Waals surface area contributed by atoms with Crippen LogP contribution in [0.2, 0.25) is 5.02 Å². The molecular weight excluding hydrogens is 282 g/mol. The van der Waals surface area contributed by atoms with E-state index in [9.17, 15) is 4.79 Å². The first kappa shape index (κ1) is 13.5. The first-order chi connectivity index (χ1) is 10.2. The minimum Gasteiger partial charge on any atom is -0.298 e. The lowest BCUT2D eigenvalue weighted by atomic mass is 10.1. The highest BCUT2D eigenvalue weighted by atomic mass is 35.5. The van der Waals surface area contributed by atoms with Gasteiger partial charge in [0.15, 0.2) is 0 Å². The normalized spacial score (nSPS) is 11.1. The topological polar surface area (TPSA) is 30.0 Å².